The van der Waals surface area contributed by atoms with E-state index in [2.05, 4.69) is 4.42 Å². The predicted molar refractivity (Wildman–Crippen MR) is 45.7 cm³/mol. The van der Waals surface area contributed by atoms with Crippen molar-refractivity contribution >= 4 is 0 Å². The van der Waals surface area contributed by atoms with Gasteiger partial charge in [-0.1, -0.05) is 0 Å². The molecule has 80 valence electrons. The summed E-state index contributed by atoms with van der Waals surface area (Å²) in [5.74, 6) is -0.930. The van der Waals surface area contributed by atoms with Crippen molar-refractivity contribution in [3.63, 3.8) is 0 Å². The maximum Gasteiger partial charge on any atom is 0.449 e. The Hall–Kier alpha value is -0.970. The zero-order chi connectivity index (χ0) is 10.6. The lowest BCUT2D eigenvalue weighted by Gasteiger charge is -1.99. The lowest BCUT2D eigenvalue weighted by Crippen LogP contribution is -2.02. The molecule has 0 aliphatic rings. The molecule has 0 atom stereocenters. The highest BCUT2D eigenvalue weighted by molar-refractivity contribution is 5.14. The van der Waals surface area contributed by atoms with Gasteiger partial charge in [-0.05, 0) is 37.4 Å². The van der Waals surface area contributed by atoms with E-state index < -0.39 is 11.9 Å². The molecule has 14 heavy (non-hydrogen) atoms. The normalized spacial score (nSPS) is 12.0. The Kier molecular flexibility index (Phi) is 3.57. The van der Waals surface area contributed by atoms with Crippen molar-refractivity contribution in [3.05, 3.63) is 23.7 Å². The Labute approximate surface area is 79.9 Å². The Balaban J connectivity index is 2.51. The molecule has 0 bridgehead atoms. The van der Waals surface area contributed by atoms with E-state index in [1.807, 2.05) is 0 Å². The first-order chi connectivity index (χ1) is 6.54. The molecule has 0 unspecified atom stereocenters. The first-order valence-corrected chi connectivity index (χ1v) is 4.38. The van der Waals surface area contributed by atoms with Crippen molar-refractivity contribution in [2.24, 2.45) is 5.73 Å². The molecule has 0 fully saturated rings. The largest absolute Gasteiger partial charge is 0.459 e. The zero-order valence-corrected chi connectivity index (χ0v) is 7.60. The SMILES string of the molecule is NCCCCc1coc(C(F)(F)F)c1. The second kappa shape index (κ2) is 4.50. The summed E-state index contributed by atoms with van der Waals surface area (Å²) in [5.41, 5.74) is 5.84. The molecule has 0 radical (unpaired) electrons. The van der Waals surface area contributed by atoms with Crippen LogP contribution in [0.25, 0.3) is 0 Å². The second-order valence-electron chi connectivity index (χ2n) is 3.06. The number of nitrogens with two attached hydrogens (primary N) is 1. The van der Waals surface area contributed by atoms with Crippen molar-refractivity contribution < 1.29 is 17.6 Å². The van der Waals surface area contributed by atoms with E-state index >= 15 is 0 Å². The molecule has 0 spiro atoms. The molecule has 0 aromatic carbocycles. The van der Waals surface area contributed by atoms with Gasteiger partial charge < -0.3 is 10.2 Å². The van der Waals surface area contributed by atoms with Gasteiger partial charge in [-0.3, -0.25) is 0 Å². The van der Waals surface area contributed by atoms with Gasteiger partial charge >= 0.3 is 6.18 Å². The van der Waals surface area contributed by atoms with E-state index in [-0.39, 0.29) is 0 Å². The van der Waals surface area contributed by atoms with Crippen LogP contribution in [-0.4, -0.2) is 6.54 Å². The van der Waals surface area contributed by atoms with Crippen LogP contribution in [-0.2, 0) is 12.6 Å². The van der Waals surface area contributed by atoms with E-state index in [1.165, 1.54) is 0 Å². The third-order valence-corrected chi connectivity index (χ3v) is 1.85. The van der Waals surface area contributed by atoms with Gasteiger partial charge in [-0.25, -0.2) is 0 Å². The molecule has 0 amide bonds. The third-order valence-electron chi connectivity index (χ3n) is 1.85. The highest BCUT2D eigenvalue weighted by Gasteiger charge is 2.34. The number of halogens is 3. The fourth-order valence-corrected chi connectivity index (χ4v) is 1.13. The summed E-state index contributed by atoms with van der Waals surface area (Å²) in [6.45, 7) is 0.560. The van der Waals surface area contributed by atoms with Crippen molar-refractivity contribution in [2.75, 3.05) is 6.54 Å². The van der Waals surface area contributed by atoms with Crippen LogP contribution in [0.4, 0.5) is 13.2 Å². The zero-order valence-electron chi connectivity index (χ0n) is 7.60. The lowest BCUT2D eigenvalue weighted by molar-refractivity contribution is -0.153. The van der Waals surface area contributed by atoms with Crippen LogP contribution in [0.5, 0.6) is 0 Å². The summed E-state index contributed by atoms with van der Waals surface area (Å²) >= 11 is 0. The maximum absolute atomic E-state index is 12.1. The number of alkyl halides is 3. The standard InChI is InChI=1S/C9H12F3NO/c10-9(11,12)8-5-7(6-14-8)3-1-2-4-13/h5-6H,1-4,13H2. The fourth-order valence-electron chi connectivity index (χ4n) is 1.13. The number of hydrogen-bond donors (Lipinski definition) is 1. The smallest absolute Gasteiger partial charge is 0.449 e. The van der Waals surface area contributed by atoms with Crippen molar-refractivity contribution in [2.45, 2.75) is 25.4 Å². The molecular weight excluding hydrogens is 195 g/mol. The molecule has 1 heterocycles. The average Bonchev–Trinajstić information content (AvgIpc) is 2.52. The van der Waals surface area contributed by atoms with Gasteiger partial charge in [0, 0.05) is 0 Å². The number of rotatable bonds is 4. The van der Waals surface area contributed by atoms with Crippen LogP contribution >= 0.6 is 0 Å². The van der Waals surface area contributed by atoms with Crippen LogP contribution in [0.1, 0.15) is 24.2 Å². The van der Waals surface area contributed by atoms with Crippen molar-refractivity contribution in [3.8, 4) is 0 Å². The van der Waals surface area contributed by atoms with Gasteiger partial charge in [-0.2, -0.15) is 13.2 Å². The number of hydrogen-bond acceptors (Lipinski definition) is 2. The molecular formula is C9H12F3NO. The van der Waals surface area contributed by atoms with E-state index in [0.29, 0.717) is 18.5 Å². The van der Waals surface area contributed by atoms with Crippen molar-refractivity contribution in [1.82, 2.24) is 0 Å². The fraction of sp³-hybridized carbons (Fsp3) is 0.556. The lowest BCUT2D eigenvalue weighted by atomic mass is 10.1. The van der Waals surface area contributed by atoms with Crippen LogP contribution in [0.3, 0.4) is 0 Å². The van der Waals surface area contributed by atoms with Gasteiger partial charge in [0.25, 0.3) is 0 Å². The van der Waals surface area contributed by atoms with Gasteiger partial charge in [0.1, 0.15) is 0 Å². The Morgan fingerprint density at radius 3 is 2.50 bits per heavy atom. The first-order valence-electron chi connectivity index (χ1n) is 4.38. The minimum absolute atomic E-state index is 0.560. The Morgan fingerprint density at radius 1 is 1.29 bits per heavy atom. The van der Waals surface area contributed by atoms with Crippen LogP contribution < -0.4 is 5.73 Å². The molecule has 2 nitrogen and oxygen atoms in total. The summed E-state index contributed by atoms with van der Waals surface area (Å²) in [4.78, 5) is 0. The number of unbranched alkanes of at least 4 members (excludes halogenated alkanes) is 1. The van der Waals surface area contributed by atoms with Crippen LogP contribution in [0.2, 0.25) is 0 Å². The maximum atomic E-state index is 12.1. The molecule has 0 saturated carbocycles. The Morgan fingerprint density at radius 2 is 2.00 bits per heavy atom. The third kappa shape index (κ3) is 3.06. The molecule has 1 rings (SSSR count). The minimum atomic E-state index is -4.38. The van der Waals surface area contributed by atoms with Gasteiger partial charge in [0.15, 0.2) is 0 Å². The molecule has 2 N–H and O–H groups in total. The van der Waals surface area contributed by atoms with Crippen LogP contribution in [0, 0.1) is 0 Å². The summed E-state index contributed by atoms with van der Waals surface area (Å²) in [5, 5.41) is 0. The van der Waals surface area contributed by atoms with E-state index in [9.17, 15) is 13.2 Å². The first kappa shape index (κ1) is 11.1. The highest BCUT2D eigenvalue weighted by atomic mass is 19.4. The van der Waals surface area contributed by atoms with Gasteiger partial charge in [-0.15, -0.1) is 0 Å². The molecule has 1 aromatic heterocycles. The predicted octanol–water partition coefficient (Wildman–Crippen LogP) is 2.58. The molecule has 1 aromatic rings. The molecule has 0 aliphatic heterocycles. The summed E-state index contributed by atoms with van der Waals surface area (Å²) in [7, 11) is 0. The second-order valence-corrected chi connectivity index (χ2v) is 3.06. The van der Waals surface area contributed by atoms with E-state index in [0.717, 1.165) is 25.2 Å². The van der Waals surface area contributed by atoms with Gasteiger partial charge in [0.2, 0.25) is 5.76 Å². The summed E-state index contributed by atoms with van der Waals surface area (Å²) < 4.78 is 40.6. The minimum Gasteiger partial charge on any atom is -0.459 e. The molecule has 5 heteroatoms. The summed E-state index contributed by atoms with van der Waals surface area (Å²) in [6.07, 6.45) is -1.05. The Bertz CT molecular complexity index is 280. The van der Waals surface area contributed by atoms with Crippen LogP contribution in [0.15, 0.2) is 16.7 Å². The number of aryl methyl sites for hydroxylation is 1. The molecule has 0 saturated heterocycles. The van der Waals surface area contributed by atoms with E-state index in [4.69, 9.17) is 5.73 Å². The van der Waals surface area contributed by atoms with Crippen molar-refractivity contribution in [1.29, 1.82) is 0 Å². The summed E-state index contributed by atoms with van der Waals surface area (Å²) in [6, 6.07) is 1.04. The monoisotopic (exact) mass is 207 g/mol. The average molecular weight is 207 g/mol. The highest BCUT2D eigenvalue weighted by Crippen LogP contribution is 2.30. The number of furan rings is 1. The quantitative estimate of drug-likeness (QED) is 0.770. The molecule has 0 aliphatic carbocycles. The van der Waals surface area contributed by atoms with E-state index in [1.54, 1.807) is 0 Å². The van der Waals surface area contributed by atoms with Gasteiger partial charge in [0.05, 0.1) is 6.26 Å². The topological polar surface area (TPSA) is 39.2 Å².